The first kappa shape index (κ1) is 20.3. The number of nitro groups is 1. The molecule has 0 bridgehead atoms. The number of non-ortho nitro benzene ring substituents is 1. The number of rotatable bonds is 6. The van der Waals surface area contributed by atoms with Crippen molar-refractivity contribution in [2.75, 3.05) is 31.1 Å². The zero-order valence-corrected chi connectivity index (χ0v) is 16.9. The van der Waals surface area contributed by atoms with E-state index in [-0.39, 0.29) is 11.6 Å². The van der Waals surface area contributed by atoms with Crippen molar-refractivity contribution < 1.29 is 9.72 Å². The summed E-state index contributed by atoms with van der Waals surface area (Å²) in [4.78, 5) is 26.8. The molecule has 158 valence electrons. The Morgan fingerprint density at radius 2 is 1.74 bits per heavy atom. The van der Waals surface area contributed by atoms with Crippen LogP contribution in [0.4, 0.5) is 11.4 Å². The first-order valence-electron chi connectivity index (χ1n) is 9.99. The highest BCUT2D eigenvalue weighted by Crippen LogP contribution is 2.20. The SMILES string of the molecule is O=C(/C=C/c1cn(Cc2ccccc2)nn1)N1CCN(c2ccc([N+](=O)[O-])cc2)CC1. The summed E-state index contributed by atoms with van der Waals surface area (Å²) < 4.78 is 1.74. The van der Waals surface area contributed by atoms with Crippen molar-refractivity contribution in [1.82, 2.24) is 19.9 Å². The first-order chi connectivity index (χ1) is 15.1. The molecule has 4 rings (SSSR count). The van der Waals surface area contributed by atoms with Gasteiger partial charge in [0.25, 0.3) is 5.69 Å². The van der Waals surface area contributed by atoms with Crippen molar-refractivity contribution in [3.05, 3.63) is 88.2 Å². The molecule has 1 aromatic heterocycles. The molecular weight excluding hydrogens is 396 g/mol. The van der Waals surface area contributed by atoms with Gasteiger partial charge in [-0.1, -0.05) is 35.5 Å². The van der Waals surface area contributed by atoms with Crippen LogP contribution in [0.1, 0.15) is 11.3 Å². The third kappa shape index (κ3) is 5.13. The Kier molecular flexibility index (Phi) is 6.02. The predicted molar refractivity (Wildman–Crippen MR) is 116 cm³/mol. The number of amides is 1. The molecule has 2 heterocycles. The molecule has 2 aromatic carbocycles. The van der Waals surface area contributed by atoms with E-state index in [0.717, 1.165) is 11.3 Å². The molecule has 1 amide bonds. The summed E-state index contributed by atoms with van der Waals surface area (Å²) in [6.45, 7) is 3.14. The van der Waals surface area contributed by atoms with Gasteiger partial charge >= 0.3 is 0 Å². The summed E-state index contributed by atoms with van der Waals surface area (Å²) in [6, 6.07) is 16.5. The minimum Gasteiger partial charge on any atom is -0.368 e. The fraction of sp³-hybridized carbons (Fsp3) is 0.227. The molecular formula is C22H22N6O3. The zero-order valence-electron chi connectivity index (χ0n) is 16.9. The number of nitrogens with zero attached hydrogens (tertiary/aromatic N) is 6. The maximum atomic E-state index is 12.5. The Hall–Kier alpha value is -4.01. The predicted octanol–water partition coefficient (Wildman–Crippen LogP) is 2.60. The molecule has 0 atom stereocenters. The van der Waals surface area contributed by atoms with Gasteiger partial charge in [0.15, 0.2) is 0 Å². The van der Waals surface area contributed by atoms with Crippen LogP contribution in [0.5, 0.6) is 0 Å². The van der Waals surface area contributed by atoms with E-state index in [1.165, 1.54) is 18.2 Å². The Labute approximate surface area is 179 Å². The quantitative estimate of drug-likeness (QED) is 0.347. The van der Waals surface area contributed by atoms with Crippen molar-refractivity contribution in [1.29, 1.82) is 0 Å². The fourth-order valence-electron chi connectivity index (χ4n) is 3.47. The highest BCUT2D eigenvalue weighted by atomic mass is 16.6. The van der Waals surface area contributed by atoms with Gasteiger partial charge in [-0.3, -0.25) is 14.9 Å². The third-order valence-corrected chi connectivity index (χ3v) is 5.16. The maximum Gasteiger partial charge on any atom is 0.269 e. The average Bonchev–Trinajstić information content (AvgIpc) is 3.25. The van der Waals surface area contributed by atoms with E-state index in [9.17, 15) is 14.9 Å². The second kappa shape index (κ2) is 9.21. The summed E-state index contributed by atoms with van der Waals surface area (Å²) in [5.74, 6) is -0.0686. The van der Waals surface area contributed by atoms with E-state index in [1.807, 2.05) is 36.5 Å². The molecule has 0 saturated carbocycles. The number of aromatic nitrogens is 3. The molecule has 9 heteroatoms. The van der Waals surface area contributed by atoms with E-state index in [4.69, 9.17) is 0 Å². The lowest BCUT2D eigenvalue weighted by atomic mass is 10.2. The zero-order chi connectivity index (χ0) is 21.6. The van der Waals surface area contributed by atoms with Crippen LogP contribution in [0.15, 0.2) is 66.9 Å². The Bertz CT molecular complexity index is 1070. The molecule has 0 N–H and O–H groups in total. The van der Waals surface area contributed by atoms with Crippen LogP contribution in [-0.4, -0.2) is 56.9 Å². The molecule has 0 radical (unpaired) electrons. The highest BCUT2D eigenvalue weighted by molar-refractivity contribution is 5.91. The van der Waals surface area contributed by atoms with Gasteiger partial charge in [-0.2, -0.15) is 0 Å². The van der Waals surface area contributed by atoms with Gasteiger partial charge in [-0.25, -0.2) is 4.68 Å². The van der Waals surface area contributed by atoms with Gasteiger partial charge in [-0.05, 0) is 23.8 Å². The summed E-state index contributed by atoms with van der Waals surface area (Å²) in [5, 5.41) is 19.0. The van der Waals surface area contributed by atoms with Crippen LogP contribution >= 0.6 is 0 Å². The molecule has 1 fully saturated rings. The summed E-state index contributed by atoms with van der Waals surface area (Å²) in [7, 11) is 0. The van der Waals surface area contributed by atoms with Crippen molar-refractivity contribution in [2.45, 2.75) is 6.54 Å². The lowest BCUT2D eigenvalue weighted by Gasteiger charge is -2.35. The number of hydrogen-bond donors (Lipinski definition) is 0. The minimum absolute atomic E-state index is 0.0686. The van der Waals surface area contributed by atoms with Crippen LogP contribution in [0.2, 0.25) is 0 Å². The standard InChI is InChI=1S/C22H22N6O3/c29-22(11-6-19-17-27(24-23-19)16-18-4-2-1-3-5-18)26-14-12-25(13-15-26)20-7-9-21(10-8-20)28(30)31/h1-11,17H,12-16H2/b11-6+. The van der Waals surface area contributed by atoms with E-state index in [1.54, 1.807) is 27.8 Å². The van der Waals surface area contributed by atoms with Crippen LogP contribution in [-0.2, 0) is 11.3 Å². The number of anilines is 1. The van der Waals surface area contributed by atoms with Gasteiger partial charge in [0.05, 0.1) is 17.7 Å². The molecule has 0 aliphatic carbocycles. The van der Waals surface area contributed by atoms with Crippen LogP contribution in [0.25, 0.3) is 6.08 Å². The normalized spacial score (nSPS) is 14.2. The van der Waals surface area contributed by atoms with E-state index < -0.39 is 4.92 Å². The van der Waals surface area contributed by atoms with Crippen LogP contribution in [0, 0.1) is 10.1 Å². The lowest BCUT2D eigenvalue weighted by molar-refractivity contribution is -0.384. The minimum atomic E-state index is -0.410. The van der Waals surface area contributed by atoms with Gasteiger partial charge < -0.3 is 9.80 Å². The first-order valence-corrected chi connectivity index (χ1v) is 9.99. The molecule has 0 unspecified atom stereocenters. The Morgan fingerprint density at radius 3 is 2.42 bits per heavy atom. The van der Waals surface area contributed by atoms with Crippen molar-refractivity contribution in [2.24, 2.45) is 0 Å². The van der Waals surface area contributed by atoms with E-state index >= 15 is 0 Å². The molecule has 1 aliphatic heterocycles. The van der Waals surface area contributed by atoms with Gasteiger partial charge in [0, 0.05) is 50.1 Å². The lowest BCUT2D eigenvalue weighted by Crippen LogP contribution is -2.48. The van der Waals surface area contributed by atoms with Gasteiger partial charge in [-0.15, -0.1) is 5.10 Å². The summed E-state index contributed by atoms with van der Waals surface area (Å²) in [5.41, 5.74) is 2.75. The van der Waals surface area contributed by atoms with Gasteiger partial charge in [0.2, 0.25) is 5.91 Å². The average molecular weight is 418 g/mol. The number of hydrogen-bond acceptors (Lipinski definition) is 6. The smallest absolute Gasteiger partial charge is 0.269 e. The maximum absolute atomic E-state index is 12.5. The van der Waals surface area contributed by atoms with Gasteiger partial charge in [0.1, 0.15) is 5.69 Å². The summed E-state index contributed by atoms with van der Waals surface area (Å²) >= 11 is 0. The van der Waals surface area contributed by atoms with Crippen molar-refractivity contribution in [3.63, 3.8) is 0 Å². The second-order valence-corrected chi connectivity index (χ2v) is 7.25. The fourth-order valence-corrected chi connectivity index (χ4v) is 3.47. The van der Waals surface area contributed by atoms with Crippen molar-refractivity contribution >= 4 is 23.4 Å². The number of nitro benzene ring substituents is 1. The number of piperazine rings is 1. The number of benzene rings is 2. The van der Waals surface area contributed by atoms with Crippen LogP contribution < -0.4 is 4.90 Å². The van der Waals surface area contributed by atoms with Crippen molar-refractivity contribution in [3.8, 4) is 0 Å². The molecule has 1 saturated heterocycles. The Morgan fingerprint density at radius 1 is 1.03 bits per heavy atom. The van der Waals surface area contributed by atoms with Crippen LogP contribution in [0.3, 0.4) is 0 Å². The second-order valence-electron chi connectivity index (χ2n) is 7.25. The summed E-state index contributed by atoms with van der Waals surface area (Å²) in [6.07, 6.45) is 5.02. The monoisotopic (exact) mass is 418 g/mol. The molecule has 1 aliphatic rings. The molecule has 9 nitrogen and oxygen atoms in total. The topological polar surface area (TPSA) is 97.4 Å². The molecule has 31 heavy (non-hydrogen) atoms. The Balaban J connectivity index is 1.29. The highest BCUT2D eigenvalue weighted by Gasteiger charge is 2.20. The number of carbonyl (C=O) groups excluding carboxylic acids is 1. The molecule has 0 spiro atoms. The van der Waals surface area contributed by atoms with E-state index in [0.29, 0.717) is 38.4 Å². The largest absolute Gasteiger partial charge is 0.368 e. The third-order valence-electron chi connectivity index (χ3n) is 5.16. The molecule has 3 aromatic rings. The van der Waals surface area contributed by atoms with E-state index in [2.05, 4.69) is 15.2 Å². The number of carbonyl (C=O) groups is 1.